The molecule has 0 aliphatic rings. The van der Waals surface area contributed by atoms with Crippen molar-refractivity contribution in [3.8, 4) is 11.5 Å². The Bertz CT molecular complexity index is 479. The Labute approximate surface area is 123 Å². The second-order valence-electron chi connectivity index (χ2n) is 5.10. The third-order valence-electron chi connectivity index (χ3n) is 2.33. The first-order valence-corrected chi connectivity index (χ1v) is 6.50. The van der Waals surface area contributed by atoms with Crippen LogP contribution in [0.1, 0.15) is 31.1 Å². The summed E-state index contributed by atoms with van der Waals surface area (Å²) >= 11 is 5.84. The number of hydrogen-bond donors (Lipinski definition) is 1. The Morgan fingerprint density at radius 2 is 1.95 bits per heavy atom. The predicted molar refractivity (Wildman–Crippen MR) is 76.2 cm³/mol. The number of benzene rings is 1. The summed E-state index contributed by atoms with van der Waals surface area (Å²) in [6, 6.07) is 2.83. The van der Waals surface area contributed by atoms with Crippen LogP contribution in [0.3, 0.4) is 0 Å². The molecule has 0 atom stereocenters. The van der Waals surface area contributed by atoms with E-state index in [0.717, 1.165) is 0 Å². The minimum absolute atomic E-state index is 0.0369. The van der Waals surface area contributed by atoms with Crippen molar-refractivity contribution in [3.63, 3.8) is 0 Å². The first kappa shape index (κ1) is 16.6. The predicted octanol–water partition coefficient (Wildman–Crippen LogP) is 3.24. The van der Waals surface area contributed by atoms with Crippen LogP contribution in [0, 0.1) is 0 Å². The van der Waals surface area contributed by atoms with Crippen molar-refractivity contribution in [2.75, 3.05) is 20.3 Å². The molecule has 0 spiro atoms. The van der Waals surface area contributed by atoms with Crippen LogP contribution in [0.15, 0.2) is 12.1 Å². The van der Waals surface area contributed by atoms with E-state index in [4.69, 9.17) is 25.8 Å². The summed E-state index contributed by atoms with van der Waals surface area (Å²) in [7, 11) is 1.43. The molecular formula is C14H19ClO5. The zero-order valence-corrected chi connectivity index (χ0v) is 12.8. The number of methoxy groups -OCH3 is 1. The zero-order valence-electron chi connectivity index (χ0n) is 12.0. The molecule has 0 radical (unpaired) electrons. The monoisotopic (exact) mass is 302 g/mol. The highest BCUT2D eigenvalue weighted by molar-refractivity contribution is 6.31. The maximum absolute atomic E-state index is 11.2. The van der Waals surface area contributed by atoms with Gasteiger partial charge in [0.15, 0.2) is 11.5 Å². The highest BCUT2D eigenvalue weighted by Crippen LogP contribution is 2.34. The van der Waals surface area contributed by atoms with Crippen molar-refractivity contribution in [2.24, 2.45) is 0 Å². The van der Waals surface area contributed by atoms with Crippen LogP contribution in [0.5, 0.6) is 11.5 Å². The van der Waals surface area contributed by atoms with Crippen molar-refractivity contribution < 1.29 is 24.1 Å². The molecule has 20 heavy (non-hydrogen) atoms. The summed E-state index contributed by atoms with van der Waals surface area (Å²) in [6.45, 7) is 6.35. The molecule has 6 heteroatoms. The van der Waals surface area contributed by atoms with E-state index in [-0.39, 0.29) is 34.3 Å². The molecule has 0 aliphatic carbocycles. The maximum atomic E-state index is 11.2. The zero-order chi connectivity index (χ0) is 15.3. The van der Waals surface area contributed by atoms with Gasteiger partial charge in [-0.05, 0) is 26.8 Å². The van der Waals surface area contributed by atoms with Crippen LogP contribution in [0.4, 0.5) is 0 Å². The topological polar surface area (TPSA) is 65.0 Å². The number of rotatable bonds is 6. The fourth-order valence-electron chi connectivity index (χ4n) is 1.52. The molecule has 0 fully saturated rings. The highest BCUT2D eigenvalue weighted by Gasteiger charge is 2.18. The van der Waals surface area contributed by atoms with Gasteiger partial charge in [-0.1, -0.05) is 11.6 Å². The summed E-state index contributed by atoms with van der Waals surface area (Å²) < 4.78 is 16.1. The summed E-state index contributed by atoms with van der Waals surface area (Å²) in [5.41, 5.74) is -0.312. The number of carboxylic acids is 1. The van der Waals surface area contributed by atoms with Crippen molar-refractivity contribution in [1.29, 1.82) is 0 Å². The lowest BCUT2D eigenvalue weighted by molar-refractivity contribution is -0.0166. The molecule has 1 aromatic carbocycles. The van der Waals surface area contributed by atoms with E-state index in [0.29, 0.717) is 6.61 Å². The fraction of sp³-hybridized carbons (Fsp3) is 0.500. The third-order valence-corrected chi connectivity index (χ3v) is 2.55. The first-order chi connectivity index (χ1) is 9.24. The van der Waals surface area contributed by atoms with Crippen LogP contribution in [0.25, 0.3) is 0 Å². The number of hydrogen-bond acceptors (Lipinski definition) is 4. The van der Waals surface area contributed by atoms with Crippen LogP contribution < -0.4 is 9.47 Å². The first-order valence-electron chi connectivity index (χ1n) is 6.12. The quantitative estimate of drug-likeness (QED) is 0.817. The molecule has 0 aliphatic heterocycles. The van der Waals surface area contributed by atoms with Crippen molar-refractivity contribution in [2.45, 2.75) is 26.4 Å². The average molecular weight is 303 g/mol. The van der Waals surface area contributed by atoms with Gasteiger partial charge in [-0.3, -0.25) is 0 Å². The van der Waals surface area contributed by atoms with Crippen LogP contribution in [-0.2, 0) is 4.74 Å². The number of aromatic carboxylic acids is 1. The van der Waals surface area contributed by atoms with Gasteiger partial charge >= 0.3 is 5.97 Å². The van der Waals surface area contributed by atoms with E-state index in [9.17, 15) is 9.90 Å². The average Bonchev–Trinajstić information content (AvgIpc) is 2.33. The van der Waals surface area contributed by atoms with E-state index in [1.165, 1.54) is 19.2 Å². The lowest BCUT2D eigenvalue weighted by atomic mass is 10.2. The van der Waals surface area contributed by atoms with Crippen molar-refractivity contribution in [3.05, 3.63) is 22.7 Å². The number of halogens is 1. The molecule has 0 amide bonds. The number of carbonyl (C=O) groups is 1. The summed E-state index contributed by atoms with van der Waals surface area (Å²) in [5, 5.41) is 9.45. The smallest absolute Gasteiger partial charge is 0.339 e. The molecule has 0 saturated heterocycles. The molecule has 0 bridgehead atoms. The van der Waals surface area contributed by atoms with Gasteiger partial charge in [-0.15, -0.1) is 0 Å². The van der Waals surface area contributed by atoms with Crippen LogP contribution in [0.2, 0.25) is 5.02 Å². The van der Waals surface area contributed by atoms with Crippen LogP contribution >= 0.6 is 11.6 Å². The molecule has 0 aromatic heterocycles. The van der Waals surface area contributed by atoms with Crippen LogP contribution in [-0.4, -0.2) is 37.0 Å². The Morgan fingerprint density at radius 3 is 2.45 bits per heavy atom. The van der Waals surface area contributed by atoms with Gasteiger partial charge in [-0.2, -0.15) is 0 Å². The minimum Gasteiger partial charge on any atom is -0.493 e. The molecule has 5 nitrogen and oxygen atoms in total. The van der Waals surface area contributed by atoms with Gasteiger partial charge in [-0.25, -0.2) is 4.79 Å². The highest BCUT2D eigenvalue weighted by atomic mass is 35.5. The van der Waals surface area contributed by atoms with E-state index in [1.54, 1.807) is 0 Å². The molecule has 1 rings (SSSR count). The number of carboxylic acid groups (broad SMARTS) is 1. The van der Waals surface area contributed by atoms with Gasteiger partial charge in [0.1, 0.15) is 12.2 Å². The lowest BCUT2D eigenvalue weighted by Crippen LogP contribution is -2.22. The van der Waals surface area contributed by atoms with Gasteiger partial charge in [0.2, 0.25) is 0 Å². The van der Waals surface area contributed by atoms with Gasteiger partial charge in [0, 0.05) is 11.1 Å². The van der Waals surface area contributed by atoms with Crippen molar-refractivity contribution in [1.82, 2.24) is 0 Å². The SMILES string of the molecule is COc1cc(Cl)cc(C(=O)O)c1OCCOC(C)(C)C. The normalized spacial score (nSPS) is 11.2. The van der Waals surface area contributed by atoms with E-state index in [2.05, 4.69) is 0 Å². The Balaban J connectivity index is 2.84. The fourth-order valence-corrected chi connectivity index (χ4v) is 1.73. The summed E-state index contributed by atoms with van der Waals surface area (Å²) in [5.74, 6) is -0.690. The Hall–Kier alpha value is -1.46. The minimum atomic E-state index is -1.13. The van der Waals surface area contributed by atoms with E-state index < -0.39 is 5.97 Å². The molecule has 1 aromatic rings. The standard InChI is InChI=1S/C14H19ClO5/c1-14(2,3)20-6-5-19-12-10(13(16)17)7-9(15)8-11(12)18-4/h7-8H,5-6H2,1-4H3,(H,16,17). The summed E-state index contributed by atoms with van der Waals surface area (Å²) in [4.78, 5) is 11.2. The second-order valence-corrected chi connectivity index (χ2v) is 5.54. The Kier molecular flexibility index (Phi) is 5.65. The molecular weight excluding hydrogens is 284 g/mol. The molecule has 1 N–H and O–H groups in total. The van der Waals surface area contributed by atoms with Crippen molar-refractivity contribution >= 4 is 17.6 Å². The lowest BCUT2D eigenvalue weighted by Gasteiger charge is -2.20. The number of ether oxygens (including phenoxy) is 3. The second kappa shape index (κ2) is 6.81. The van der Waals surface area contributed by atoms with Gasteiger partial charge < -0.3 is 19.3 Å². The molecule has 112 valence electrons. The largest absolute Gasteiger partial charge is 0.493 e. The molecule has 0 unspecified atom stereocenters. The molecule has 0 saturated carbocycles. The Morgan fingerprint density at radius 1 is 1.30 bits per heavy atom. The summed E-state index contributed by atoms with van der Waals surface area (Å²) in [6.07, 6.45) is 0. The van der Waals surface area contributed by atoms with Gasteiger partial charge in [0.25, 0.3) is 0 Å². The third kappa shape index (κ3) is 4.90. The maximum Gasteiger partial charge on any atom is 0.339 e. The van der Waals surface area contributed by atoms with E-state index in [1.807, 2.05) is 20.8 Å². The molecule has 0 heterocycles. The van der Waals surface area contributed by atoms with E-state index >= 15 is 0 Å². The van der Waals surface area contributed by atoms with Gasteiger partial charge in [0.05, 0.1) is 19.3 Å².